The van der Waals surface area contributed by atoms with E-state index in [-0.39, 0.29) is 5.82 Å². The second-order valence-electron chi connectivity index (χ2n) is 4.71. The third-order valence-corrected chi connectivity index (χ3v) is 4.03. The molecule has 0 bridgehead atoms. The van der Waals surface area contributed by atoms with E-state index >= 15 is 0 Å². The van der Waals surface area contributed by atoms with Crippen molar-refractivity contribution in [3.05, 3.63) is 46.2 Å². The highest BCUT2D eigenvalue weighted by Gasteiger charge is 2.15. The van der Waals surface area contributed by atoms with Gasteiger partial charge in [0.2, 0.25) is 5.95 Å². The van der Waals surface area contributed by atoms with Gasteiger partial charge in [0.1, 0.15) is 11.6 Å². The van der Waals surface area contributed by atoms with Crippen LogP contribution in [-0.4, -0.2) is 16.7 Å². The van der Waals surface area contributed by atoms with E-state index in [9.17, 15) is 4.39 Å². The Morgan fingerprint density at radius 3 is 2.76 bits per heavy atom. The average molecular weight is 350 g/mol. The molecule has 0 radical (unpaired) electrons. The monoisotopic (exact) mass is 349 g/mol. The SMILES string of the molecule is COc1ccc(Br)c(-n2c(N)nc3cc(F)c(C)cc32)c1. The number of hydrogen-bond donors (Lipinski definition) is 1. The Bertz CT molecular complexity index is 845. The molecule has 0 saturated carbocycles. The van der Waals surface area contributed by atoms with Crippen LogP contribution in [0, 0.1) is 12.7 Å². The molecule has 0 saturated heterocycles. The summed E-state index contributed by atoms with van der Waals surface area (Å²) in [5.41, 5.74) is 8.62. The molecule has 4 nitrogen and oxygen atoms in total. The van der Waals surface area contributed by atoms with Crippen LogP contribution in [0.3, 0.4) is 0 Å². The number of rotatable bonds is 2. The molecule has 0 unspecified atom stereocenters. The van der Waals surface area contributed by atoms with E-state index in [0.717, 1.165) is 15.7 Å². The van der Waals surface area contributed by atoms with E-state index < -0.39 is 0 Å². The number of benzene rings is 2. The fourth-order valence-corrected chi connectivity index (χ4v) is 2.69. The number of halogens is 2. The zero-order chi connectivity index (χ0) is 15.1. The van der Waals surface area contributed by atoms with E-state index in [0.29, 0.717) is 22.8 Å². The number of imidazole rings is 1. The number of methoxy groups -OCH3 is 1. The van der Waals surface area contributed by atoms with Crippen molar-refractivity contribution < 1.29 is 9.13 Å². The molecule has 0 aliphatic rings. The molecular formula is C15H13BrFN3O. The predicted octanol–water partition coefficient (Wildman–Crippen LogP) is 3.83. The van der Waals surface area contributed by atoms with Gasteiger partial charge in [0.05, 0.1) is 23.8 Å². The van der Waals surface area contributed by atoms with Crippen LogP contribution in [0.5, 0.6) is 5.75 Å². The number of nitrogens with zero attached hydrogens (tertiary/aromatic N) is 2. The van der Waals surface area contributed by atoms with Crippen molar-refractivity contribution in [2.24, 2.45) is 0 Å². The molecule has 21 heavy (non-hydrogen) atoms. The van der Waals surface area contributed by atoms with E-state index in [1.54, 1.807) is 24.7 Å². The van der Waals surface area contributed by atoms with E-state index in [2.05, 4.69) is 20.9 Å². The van der Waals surface area contributed by atoms with Gasteiger partial charge in [-0.25, -0.2) is 9.37 Å². The van der Waals surface area contributed by atoms with Crippen molar-refractivity contribution in [1.29, 1.82) is 0 Å². The molecule has 108 valence electrons. The zero-order valence-electron chi connectivity index (χ0n) is 11.5. The number of ether oxygens (including phenoxy) is 1. The maximum absolute atomic E-state index is 13.7. The third-order valence-electron chi connectivity index (χ3n) is 3.36. The average Bonchev–Trinajstić information content (AvgIpc) is 2.75. The van der Waals surface area contributed by atoms with Crippen LogP contribution in [0.1, 0.15) is 5.56 Å². The quantitative estimate of drug-likeness (QED) is 0.764. The second-order valence-corrected chi connectivity index (χ2v) is 5.57. The molecule has 0 spiro atoms. The Labute approximate surface area is 129 Å². The molecule has 2 aromatic carbocycles. The molecule has 0 fully saturated rings. The second kappa shape index (κ2) is 5.04. The summed E-state index contributed by atoms with van der Waals surface area (Å²) in [6, 6.07) is 8.69. The molecule has 2 N–H and O–H groups in total. The number of nitrogens with two attached hydrogens (primary N) is 1. The highest BCUT2D eigenvalue weighted by Crippen LogP contribution is 2.32. The summed E-state index contributed by atoms with van der Waals surface area (Å²) in [6.07, 6.45) is 0. The number of aryl methyl sites for hydroxylation is 1. The number of nitrogen functional groups attached to an aromatic ring is 1. The van der Waals surface area contributed by atoms with Crippen LogP contribution in [0.25, 0.3) is 16.7 Å². The Kier molecular flexibility index (Phi) is 3.33. The summed E-state index contributed by atoms with van der Waals surface area (Å²) in [5, 5.41) is 0. The van der Waals surface area contributed by atoms with E-state index in [1.807, 2.05) is 18.2 Å². The Hall–Kier alpha value is -2.08. The summed E-state index contributed by atoms with van der Waals surface area (Å²) in [6.45, 7) is 1.71. The van der Waals surface area contributed by atoms with Gasteiger partial charge in [-0.3, -0.25) is 4.57 Å². The Morgan fingerprint density at radius 2 is 2.05 bits per heavy atom. The highest BCUT2D eigenvalue weighted by atomic mass is 79.9. The number of aromatic nitrogens is 2. The van der Waals surface area contributed by atoms with Crippen LogP contribution in [0.4, 0.5) is 10.3 Å². The third kappa shape index (κ3) is 2.25. The minimum Gasteiger partial charge on any atom is -0.497 e. The van der Waals surface area contributed by atoms with Gasteiger partial charge in [0, 0.05) is 16.6 Å². The summed E-state index contributed by atoms with van der Waals surface area (Å²) in [5.74, 6) is 0.703. The van der Waals surface area contributed by atoms with Crippen LogP contribution < -0.4 is 10.5 Å². The molecule has 0 aliphatic heterocycles. The first-order chi connectivity index (χ1) is 10.0. The molecule has 0 aliphatic carbocycles. The lowest BCUT2D eigenvalue weighted by Crippen LogP contribution is -2.02. The van der Waals surface area contributed by atoms with E-state index in [1.165, 1.54) is 6.07 Å². The van der Waals surface area contributed by atoms with Crippen molar-refractivity contribution in [2.75, 3.05) is 12.8 Å². The lowest BCUT2D eigenvalue weighted by atomic mass is 10.2. The fourth-order valence-electron chi connectivity index (χ4n) is 2.27. The first kappa shape index (κ1) is 13.9. The van der Waals surface area contributed by atoms with Gasteiger partial charge in [0.25, 0.3) is 0 Å². The molecule has 0 atom stereocenters. The van der Waals surface area contributed by atoms with Crippen molar-refractivity contribution >= 4 is 32.9 Å². The molecular weight excluding hydrogens is 337 g/mol. The Morgan fingerprint density at radius 1 is 1.29 bits per heavy atom. The maximum Gasteiger partial charge on any atom is 0.205 e. The van der Waals surface area contributed by atoms with Crippen molar-refractivity contribution in [2.45, 2.75) is 6.92 Å². The Balaban J connectivity index is 2.34. The van der Waals surface area contributed by atoms with Crippen LogP contribution in [0.2, 0.25) is 0 Å². The molecule has 1 aromatic heterocycles. The minimum absolute atomic E-state index is 0.295. The smallest absolute Gasteiger partial charge is 0.205 e. The summed E-state index contributed by atoms with van der Waals surface area (Å²) < 4.78 is 21.5. The normalized spacial score (nSPS) is 11.0. The largest absolute Gasteiger partial charge is 0.497 e. The van der Waals surface area contributed by atoms with E-state index in [4.69, 9.17) is 10.5 Å². The molecule has 6 heteroatoms. The minimum atomic E-state index is -0.295. The van der Waals surface area contributed by atoms with Crippen molar-refractivity contribution in [1.82, 2.24) is 9.55 Å². The first-order valence-electron chi connectivity index (χ1n) is 6.29. The molecule has 3 aromatic rings. The molecule has 3 rings (SSSR count). The van der Waals surface area contributed by atoms with Crippen LogP contribution in [-0.2, 0) is 0 Å². The highest BCUT2D eigenvalue weighted by molar-refractivity contribution is 9.10. The topological polar surface area (TPSA) is 53.1 Å². The summed E-state index contributed by atoms with van der Waals surface area (Å²) >= 11 is 3.50. The first-order valence-corrected chi connectivity index (χ1v) is 7.08. The van der Waals surface area contributed by atoms with Crippen LogP contribution >= 0.6 is 15.9 Å². The molecule has 0 amide bonds. The van der Waals surface area contributed by atoms with Gasteiger partial charge in [-0.15, -0.1) is 0 Å². The fraction of sp³-hybridized carbons (Fsp3) is 0.133. The van der Waals surface area contributed by atoms with Gasteiger partial charge < -0.3 is 10.5 Å². The van der Waals surface area contributed by atoms with Gasteiger partial charge in [-0.2, -0.15) is 0 Å². The lowest BCUT2D eigenvalue weighted by molar-refractivity contribution is 0.414. The summed E-state index contributed by atoms with van der Waals surface area (Å²) in [7, 11) is 1.60. The zero-order valence-corrected chi connectivity index (χ0v) is 13.1. The standard InChI is InChI=1S/C15H13BrFN3O/c1-8-5-14-12(7-11(8)17)19-15(18)20(14)13-6-9(21-2)3-4-10(13)16/h3-7H,1-2H3,(H2,18,19). The van der Waals surface area contributed by atoms with Gasteiger partial charge >= 0.3 is 0 Å². The van der Waals surface area contributed by atoms with Gasteiger partial charge in [0.15, 0.2) is 0 Å². The number of hydrogen-bond acceptors (Lipinski definition) is 3. The summed E-state index contributed by atoms with van der Waals surface area (Å²) in [4.78, 5) is 4.23. The lowest BCUT2D eigenvalue weighted by Gasteiger charge is -2.11. The van der Waals surface area contributed by atoms with Crippen molar-refractivity contribution in [3.63, 3.8) is 0 Å². The molecule has 1 heterocycles. The van der Waals surface area contributed by atoms with Crippen molar-refractivity contribution in [3.8, 4) is 11.4 Å². The maximum atomic E-state index is 13.7. The van der Waals surface area contributed by atoms with Gasteiger partial charge in [-0.05, 0) is 46.6 Å². The predicted molar refractivity (Wildman–Crippen MR) is 84.4 cm³/mol. The number of fused-ring (bicyclic) bond motifs is 1. The van der Waals surface area contributed by atoms with Gasteiger partial charge in [-0.1, -0.05) is 0 Å². The van der Waals surface area contributed by atoms with Crippen LogP contribution in [0.15, 0.2) is 34.8 Å². The number of anilines is 1.